The van der Waals surface area contributed by atoms with Gasteiger partial charge in [0.25, 0.3) is 0 Å². The zero-order valence-corrected chi connectivity index (χ0v) is 9.57. The van der Waals surface area contributed by atoms with E-state index in [1.165, 1.54) is 0 Å². The monoisotopic (exact) mass is 232 g/mol. The molecule has 1 rings (SSSR count). The van der Waals surface area contributed by atoms with Crippen LogP contribution in [0.2, 0.25) is 0 Å². The van der Waals surface area contributed by atoms with Gasteiger partial charge in [0, 0.05) is 13.0 Å². The molecule has 86 valence electrons. The van der Waals surface area contributed by atoms with Gasteiger partial charge in [-0.25, -0.2) is 8.42 Å². The van der Waals surface area contributed by atoms with E-state index in [-0.39, 0.29) is 17.5 Å². The lowest BCUT2D eigenvalue weighted by Crippen LogP contribution is -2.43. The molecular formula is C9H16N2O3S. The number of aliphatic hydroxyl groups excluding tert-OH is 1. The first-order valence-corrected chi connectivity index (χ1v) is 6.82. The van der Waals surface area contributed by atoms with E-state index in [4.69, 9.17) is 5.26 Å². The Bertz CT molecular complexity index is 347. The minimum Gasteiger partial charge on any atom is -0.390 e. The first-order chi connectivity index (χ1) is 7.00. The summed E-state index contributed by atoms with van der Waals surface area (Å²) in [7, 11) is -3.10. The Morgan fingerprint density at radius 1 is 1.53 bits per heavy atom. The fourth-order valence-corrected chi connectivity index (χ4v) is 3.74. The van der Waals surface area contributed by atoms with Crippen molar-refractivity contribution in [3.05, 3.63) is 0 Å². The third kappa shape index (κ3) is 3.16. The molecule has 0 aromatic heterocycles. The molecule has 1 N–H and O–H groups in total. The van der Waals surface area contributed by atoms with Gasteiger partial charge in [-0.1, -0.05) is 6.92 Å². The summed E-state index contributed by atoms with van der Waals surface area (Å²) >= 11 is 0. The van der Waals surface area contributed by atoms with E-state index in [0.717, 1.165) is 0 Å². The standard InChI is InChI=1S/C9H16N2O3S/c1-2-11(5-3-4-10)8-6-15(13,14)7-9(8)12/h8-9,12H,2-3,5-7H2,1H3. The summed E-state index contributed by atoms with van der Waals surface area (Å²) in [5.41, 5.74) is 0. The van der Waals surface area contributed by atoms with Crippen molar-refractivity contribution in [1.82, 2.24) is 4.90 Å². The fourth-order valence-electron chi connectivity index (χ4n) is 1.91. The van der Waals surface area contributed by atoms with Crippen molar-refractivity contribution in [3.8, 4) is 6.07 Å². The van der Waals surface area contributed by atoms with Crippen LogP contribution in [0.15, 0.2) is 0 Å². The number of aliphatic hydroxyl groups is 1. The molecule has 0 aliphatic carbocycles. The predicted molar refractivity (Wildman–Crippen MR) is 55.9 cm³/mol. The average Bonchev–Trinajstić information content (AvgIpc) is 2.42. The summed E-state index contributed by atoms with van der Waals surface area (Å²) in [5, 5.41) is 18.1. The Balaban J connectivity index is 2.66. The summed E-state index contributed by atoms with van der Waals surface area (Å²) in [5.74, 6) is -0.145. The first kappa shape index (κ1) is 12.4. The van der Waals surface area contributed by atoms with Crippen LogP contribution >= 0.6 is 0 Å². The third-order valence-electron chi connectivity index (χ3n) is 2.68. The highest BCUT2D eigenvalue weighted by Crippen LogP contribution is 2.18. The van der Waals surface area contributed by atoms with Crippen LogP contribution in [0.3, 0.4) is 0 Å². The van der Waals surface area contributed by atoms with Gasteiger partial charge in [-0.2, -0.15) is 5.26 Å². The molecule has 6 heteroatoms. The maximum atomic E-state index is 11.3. The molecule has 1 aliphatic rings. The van der Waals surface area contributed by atoms with E-state index in [2.05, 4.69) is 0 Å². The van der Waals surface area contributed by atoms with Gasteiger partial charge in [0.05, 0.1) is 29.7 Å². The average molecular weight is 232 g/mol. The zero-order valence-electron chi connectivity index (χ0n) is 8.76. The van der Waals surface area contributed by atoms with Gasteiger partial charge in [0.2, 0.25) is 0 Å². The predicted octanol–water partition coefficient (Wildman–Crippen LogP) is -0.620. The molecule has 0 amide bonds. The fraction of sp³-hybridized carbons (Fsp3) is 0.889. The molecule has 1 aliphatic heterocycles. The van der Waals surface area contributed by atoms with E-state index in [9.17, 15) is 13.5 Å². The van der Waals surface area contributed by atoms with E-state index in [1.54, 1.807) is 0 Å². The van der Waals surface area contributed by atoms with Crippen LogP contribution in [0, 0.1) is 11.3 Å². The molecule has 0 aromatic rings. The lowest BCUT2D eigenvalue weighted by molar-refractivity contribution is 0.0879. The quantitative estimate of drug-likeness (QED) is 0.698. The molecule has 2 atom stereocenters. The summed E-state index contributed by atoms with van der Waals surface area (Å²) in [4.78, 5) is 1.86. The van der Waals surface area contributed by atoms with E-state index in [1.807, 2.05) is 17.9 Å². The van der Waals surface area contributed by atoms with Gasteiger partial charge >= 0.3 is 0 Å². The van der Waals surface area contributed by atoms with Gasteiger partial charge in [-0.3, -0.25) is 4.90 Å². The molecule has 0 spiro atoms. The van der Waals surface area contributed by atoms with Crippen molar-refractivity contribution in [2.75, 3.05) is 24.6 Å². The van der Waals surface area contributed by atoms with Crippen LogP contribution in [0.4, 0.5) is 0 Å². The van der Waals surface area contributed by atoms with E-state index >= 15 is 0 Å². The van der Waals surface area contributed by atoms with Crippen LogP contribution < -0.4 is 0 Å². The van der Waals surface area contributed by atoms with Gasteiger partial charge in [-0.05, 0) is 6.54 Å². The second-order valence-corrected chi connectivity index (χ2v) is 5.90. The number of nitrogens with zero attached hydrogens (tertiary/aromatic N) is 2. The Morgan fingerprint density at radius 3 is 2.60 bits per heavy atom. The molecular weight excluding hydrogens is 216 g/mol. The van der Waals surface area contributed by atoms with Crippen LogP contribution in [-0.4, -0.2) is 55.2 Å². The summed E-state index contributed by atoms with van der Waals surface area (Å²) in [6.45, 7) is 3.07. The number of hydrogen-bond acceptors (Lipinski definition) is 5. The van der Waals surface area contributed by atoms with E-state index < -0.39 is 15.9 Å². The highest BCUT2D eigenvalue weighted by molar-refractivity contribution is 7.91. The second-order valence-electron chi connectivity index (χ2n) is 3.75. The minimum absolute atomic E-state index is 0.00738. The van der Waals surface area contributed by atoms with Gasteiger partial charge in [-0.15, -0.1) is 0 Å². The lowest BCUT2D eigenvalue weighted by atomic mass is 10.2. The first-order valence-electron chi connectivity index (χ1n) is 4.99. The number of likely N-dealkylation sites (N-methyl/N-ethyl adjacent to an activating group) is 1. The Labute approximate surface area is 90.2 Å². The van der Waals surface area contributed by atoms with Crippen molar-refractivity contribution < 1.29 is 13.5 Å². The maximum Gasteiger partial charge on any atom is 0.154 e. The molecule has 1 fully saturated rings. The number of nitriles is 1. The minimum atomic E-state index is -3.10. The number of sulfone groups is 1. The van der Waals surface area contributed by atoms with Crippen LogP contribution in [0.25, 0.3) is 0 Å². The summed E-state index contributed by atoms with van der Waals surface area (Å²) in [6.07, 6.45) is -0.453. The molecule has 15 heavy (non-hydrogen) atoms. The molecule has 0 bridgehead atoms. The van der Waals surface area contributed by atoms with Crippen LogP contribution in [0.1, 0.15) is 13.3 Å². The van der Waals surface area contributed by atoms with Crippen molar-refractivity contribution in [3.63, 3.8) is 0 Å². The normalized spacial score (nSPS) is 29.2. The molecule has 1 saturated heterocycles. The third-order valence-corrected chi connectivity index (χ3v) is 4.38. The lowest BCUT2D eigenvalue weighted by Gasteiger charge is -2.27. The SMILES string of the molecule is CCN(CCC#N)C1CS(=O)(=O)CC1O. The van der Waals surface area contributed by atoms with E-state index in [0.29, 0.717) is 19.5 Å². The Kier molecular flexibility index (Phi) is 4.08. The van der Waals surface area contributed by atoms with Crippen LogP contribution in [0.5, 0.6) is 0 Å². The number of hydrogen-bond donors (Lipinski definition) is 1. The highest BCUT2D eigenvalue weighted by Gasteiger charge is 2.39. The Morgan fingerprint density at radius 2 is 2.20 bits per heavy atom. The van der Waals surface area contributed by atoms with Crippen LogP contribution in [-0.2, 0) is 9.84 Å². The highest BCUT2D eigenvalue weighted by atomic mass is 32.2. The van der Waals surface area contributed by atoms with Crippen molar-refractivity contribution in [1.29, 1.82) is 5.26 Å². The molecule has 0 aromatic carbocycles. The molecule has 2 unspecified atom stereocenters. The Hall–Kier alpha value is -0.640. The molecule has 1 heterocycles. The largest absolute Gasteiger partial charge is 0.390 e. The van der Waals surface area contributed by atoms with Crippen molar-refractivity contribution in [2.24, 2.45) is 0 Å². The number of rotatable bonds is 4. The van der Waals surface area contributed by atoms with Gasteiger partial charge < -0.3 is 5.11 Å². The second kappa shape index (κ2) is 4.92. The van der Waals surface area contributed by atoms with Gasteiger partial charge in [0.1, 0.15) is 0 Å². The molecule has 5 nitrogen and oxygen atoms in total. The zero-order chi connectivity index (χ0) is 11.5. The van der Waals surface area contributed by atoms with Crippen molar-refractivity contribution >= 4 is 9.84 Å². The topological polar surface area (TPSA) is 81.4 Å². The maximum absolute atomic E-state index is 11.3. The summed E-state index contributed by atoms with van der Waals surface area (Å²) in [6, 6.07) is 1.68. The van der Waals surface area contributed by atoms with Gasteiger partial charge in [0.15, 0.2) is 9.84 Å². The van der Waals surface area contributed by atoms with Crippen molar-refractivity contribution in [2.45, 2.75) is 25.5 Å². The molecule has 0 saturated carbocycles. The summed E-state index contributed by atoms with van der Waals surface area (Å²) < 4.78 is 22.6. The molecule has 0 radical (unpaired) electrons. The smallest absolute Gasteiger partial charge is 0.154 e.